The van der Waals surface area contributed by atoms with Crippen LogP contribution in [0.15, 0.2) is 82.8 Å². The highest BCUT2D eigenvalue weighted by atomic mass is 32.2. The predicted molar refractivity (Wildman–Crippen MR) is 126 cm³/mol. The highest BCUT2D eigenvalue weighted by molar-refractivity contribution is 7.98. The van der Waals surface area contributed by atoms with Crippen molar-refractivity contribution >= 4 is 33.4 Å². The van der Waals surface area contributed by atoms with Crippen molar-refractivity contribution in [2.75, 3.05) is 23.7 Å². The van der Waals surface area contributed by atoms with E-state index in [-0.39, 0.29) is 18.0 Å². The Kier molecular flexibility index (Phi) is 8.13. The zero-order chi connectivity index (χ0) is 23.0. The first kappa shape index (κ1) is 23.6. The van der Waals surface area contributed by atoms with Gasteiger partial charge in [-0.3, -0.25) is 14.1 Å². The molecule has 0 unspecified atom stereocenters. The lowest BCUT2D eigenvalue weighted by Crippen LogP contribution is -2.40. The summed E-state index contributed by atoms with van der Waals surface area (Å²) in [7, 11) is -3.97. The number of carbonyl (C=O) groups is 1. The van der Waals surface area contributed by atoms with Gasteiger partial charge in [0.15, 0.2) is 0 Å². The summed E-state index contributed by atoms with van der Waals surface area (Å²) >= 11 is 1.52. The van der Waals surface area contributed by atoms with E-state index < -0.39 is 15.9 Å². The number of thioether (sulfide) groups is 1. The fourth-order valence-electron chi connectivity index (χ4n) is 2.95. The minimum absolute atomic E-state index is 0.115. The van der Waals surface area contributed by atoms with E-state index in [2.05, 4.69) is 10.3 Å². The number of nitrogens with zero attached hydrogens (tertiary/aromatic N) is 2. The minimum Gasteiger partial charge on any atom is -0.494 e. The van der Waals surface area contributed by atoms with E-state index in [1.165, 1.54) is 11.8 Å². The number of anilines is 1. The first-order chi connectivity index (χ1) is 15.4. The zero-order valence-electron chi connectivity index (χ0n) is 17.9. The van der Waals surface area contributed by atoms with Crippen molar-refractivity contribution in [1.82, 2.24) is 10.3 Å². The van der Waals surface area contributed by atoms with Gasteiger partial charge in [0, 0.05) is 23.8 Å². The van der Waals surface area contributed by atoms with Crippen LogP contribution in [0.25, 0.3) is 0 Å². The number of aromatic nitrogens is 1. The Balaban J connectivity index is 1.86. The Morgan fingerprint density at radius 3 is 2.41 bits per heavy atom. The Labute approximate surface area is 192 Å². The lowest BCUT2D eigenvalue weighted by Gasteiger charge is -2.24. The average molecular weight is 472 g/mol. The molecule has 0 saturated carbocycles. The quantitative estimate of drug-likeness (QED) is 0.454. The number of benzene rings is 2. The first-order valence-corrected chi connectivity index (χ1v) is 12.7. The summed E-state index contributed by atoms with van der Waals surface area (Å²) in [4.78, 5) is 17.8. The van der Waals surface area contributed by atoms with Crippen LogP contribution in [0.4, 0.5) is 5.69 Å². The summed E-state index contributed by atoms with van der Waals surface area (Å²) in [5.74, 6) is 0.200. The molecule has 1 amide bonds. The molecule has 1 heterocycles. The molecule has 9 heteroatoms. The number of pyridine rings is 1. The molecule has 168 valence electrons. The van der Waals surface area contributed by atoms with Crippen molar-refractivity contribution < 1.29 is 17.9 Å². The van der Waals surface area contributed by atoms with Crippen molar-refractivity contribution in [3.63, 3.8) is 0 Å². The highest BCUT2D eigenvalue weighted by Crippen LogP contribution is 2.27. The fourth-order valence-corrected chi connectivity index (χ4v) is 4.78. The topological polar surface area (TPSA) is 88.6 Å². The van der Waals surface area contributed by atoms with Crippen molar-refractivity contribution in [3.05, 3.63) is 78.6 Å². The second-order valence-electron chi connectivity index (χ2n) is 6.75. The lowest BCUT2D eigenvalue weighted by atomic mass is 10.3. The van der Waals surface area contributed by atoms with E-state index in [4.69, 9.17) is 4.74 Å². The molecule has 0 bridgehead atoms. The van der Waals surface area contributed by atoms with Gasteiger partial charge in [0.1, 0.15) is 12.3 Å². The SMILES string of the molecule is CCOc1ccc(N(CC(=O)NCc2cccnc2)S(=O)(=O)c2ccc(SC)cc2)cc1. The second-order valence-corrected chi connectivity index (χ2v) is 9.49. The molecule has 0 atom stereocenters. The zero-order valence-corrected chi connectivity index (χ0v) is 19.5. The van der Waals surface area contributed by atoms with E-state index in [1.54, 1.807) is 67.0 Å². The maximum Gasteiger partial charge on any atom is 0.264 e. The maximum absolute atomic E-state index is 13.5. The Hall–Kier alpha value is -3.04. The first-order valence-electron chi connectivity index (χ1n) is 9.99. The molecule has 0 aliphatic heterocycles. The third kappa shape index (κ3) is 6.02. The summed E-state index contributed by atoms with van der Waals surface area (Å²) in [6.07, 6.45) is 5.21. The number of hydrogen-bond donors (Lipinski definition) is 1. The fraction of sp³-hybridized carbons (Fsp3) is 0.217. The van der Waals surface area contributed by atoms with Crippen LogP contribution in [0.2, 0.25) is 0 Å². The predicted octanol–water partition coefficient (Wildman–Crippen LogP) is 3.71. The summed E-state index contributed by atoms with van der Waals surface area (Å²) in [6, 6.07) is 16.8. The lowest BCUT2D eigenvalue weighted by molar-refractivity contribution is -0.119. The van der Waals surface area contributed by atoms with Gasteiger partial charge in [-0.15, -0.1) is 11.8 Å². The average Bonchev–Trinajstić information content (AvgIpc) is 2.82. The third-order valence-corrected chi connectivity index (χ3v) is 7.11. The van der Waals surface area contributed by atoms with Gasteiger partial charge in [0.25, 0.3) is 10.0 Å². The molecule has 1 aromatic heterocycles. The number of rotatable bonds is 10. The van der Waals surface area contributed by atoms with Gasteiger partial charge in [0.05, 0.1) is 17.2 Å². The Morgan fingerprint density at radius 1 is 1.09 bits per heavy atom. The molecular formula is C23H25N3O4S2. The highest BCUT2D eigenvalue weighted by Gasteiger charge is 2.27. The van der Waals surface area contributed by atoms with Crippen LogP contribution in [0.1, 0.15) is 12.5 Å². The van der Waals surface area contributed by atoms with Gasteiger partial charge < -0.3 is 10.1 Å². The van der Waals surface area contributed by atoms with Crippen LogP contribution in [0.5, 0.6) is 5.75 Å². The van der Waals surface area contributed by atoms with Crippen LogP contribution in [0, 0.1) is 0 Å². The monoisotopic (exact) mass is 471 g/mol. The van der Waals surface area contributed by atoms with Crippen LogP contribution >= 0.6 is 11.8 Å². The molecule has 2 aromatic carbocycles. The molecule has 0 radical (unpaired) electrons. The van der Waals surface area contributed by atoms with Gasteiger partial charge >= 0.3 is 0 Å². The molecule has 1 N–H and O–H groups in total. The van der Waals surface area contributed by atoms with E-state index >= 15 is 0 Å². The molecule has 0 saturated heterocycles. The molecule has 32 heavy (non-hydrogen) atoms. The van der Waals surface area contributed by atoms with Gasteiger partial charge in [-0.2, -0.15) is 0 Å². The molecule has 3 rings (SSSR count). The molecule has 3 aromatic rings. The summed E-state index contributed by atoms with van der Waals surface area (Å²) in [6.45, 7) is 2.27. The van der Waals surface area contributed by atoms with Crippen LogP contribution < -0.4 is 14.4 Å². The van der Waals surface area contributed by atoms with Crippen molar-refractivity contribution in [2.45, 2.75) is 23.3 Å². The van der Waals surface area contributed by atoms with E-state index in [9.17, 15) is 13.2 Å². The Morgan fingerprint density at radius 2 is 1.81 bits per heavy atom. The number of amides is 1. The second kappa shape index (κ2) is 11.0. The largest absolute Gasteiger partial charge is 0.494 e. The van der Waals surface area contributed by atoms with Crippen molar-refractivity contribution in [3.8, 4) is 5.75 Å². The number of carbonyl (C=O) groups excluding carboxylic acids is 1. The van der Waals surface area contributed by atoms with Crippen molar-refractivity contribution in [2.24, 2.45) is 0 Å². The normalized spacial score (nSPS) is 11.1. The summed E-state index contributed by atoms with van der Waals surface area (Å²) < 4.78 is 33.5. The molecule has 0 spiro atoms. The summed E-state index contributed by atoms with van der Waals surface area (Å²) in [5, 5.41) is 2.76. The number of ether oxygens (including phenoxy) is 1. The van der Waals surface area contributed by atoms with E-state index in [0.717, 1.165) is 14.8 Å². The minimum atomic E-state index is -3.97. The van der Waals surface area contributed by atoms with E-state index in [1.807, 2.05) is 19.2 Å². The van der Waals surface area contributed by atoms with E-state index in [0.29, 0.717) is 18.0 Å². The molecule has 0 aliphatic rings. The number of nitrogens with one attached hydrogen (secondary N) is 1. The van der Waals surface area contributed by atoms with Gasteiger partial charge in [0.2, 0.25) is 5.91 Å². The van der Waals surface area contributed by atoms with Crippen molar-refractivity contribution in [1.29, 1.82) is 0 Å². The standard InChI is InChI=1S/C23H25N3O4S2/c1-3-30-20-8-6-19(7-9-20)26(17-23(27)25-16-18-5-4-14-24-15-18)32(28,29)22-12-10-21(31-2)11-13-22/h4-15H,3,16-17H2,1-2H3,(H,25,27). The Bertz CT molecular complexity index is 1120. The molecular weight excluding hydrogens is 446 g/mol. The van der Waals surface area contributed by atoms with Crippen LogP contribution in [0.3, 0.4) is 0 Å². The number of hydrogen-bond acceptors (Lipinski definition) is 6. The summed E-state index contributed by atoms with van der Waals surface area (Å²) in [5.41, 5.74) is 1.20. The van der Waals surface area contributed by atoms with Crippen LogP contribution in [-0.2, 0) is 21.4 Å². The number of sulfonamides is 1. The molecule has 0 fully saturated rings. The molecule has 0 aliphatic carbocycles. The smallest absolute Gasteiger partial charge is 0.264 e. The van der Waals surface area contributed by atoms with Gasteiger partial charge in [-0.25, -0.2) is 8.42 Å². The van der Waals surface area contributed by atoms with Crippen LogP contribution in [-0.4, -0.2) is 38.7 Å². The van der Waals surface area contributed by atoms with Gasteiger partial charge in [-0.05, 0) is 73.3 Å². The third-order valence-electron chi connectivity index (χ3n) is 4.58. The maximum atomic E-state index is 13.5. The van der Waals surface area contributed by atoms with Gasteiger partial charge in [-0.1, -0.05) is 6.07 Å². The molecule has 7 nitrogen and oxygen atoms in total.